The van der Waals surface area contributed by atoms with Crippen molar-refractivity contribution in [3.05, 3.63) is 217 Å². The number of fused-ring (bicyclic) bond motifs is 6. The molecule has 0 N–H and O–H groups in total. The molecule has 0 heterocycles. The van der Waals surface area contributed by atoms with E-state index in [0.717, 1.165) is 0 Å². The summed E-state index contributed by atoms with van der Waals surface area (Å²) < 4.78 is 0. The van der Waals surface area contributed by atoms with Crippen LogP contribution in [0.4, 0.5) is 0 Å². The second-order valence-corrected chi connectivity index (χ2v) is 18.9. The topological polar surface area (TPSA) is 0 Å². The third-order valence-corrected chi connectivity index (χ3v) is 13.2. The number of rotatable bonds is 4. The van der Waals surface area contributed by atoms with Crippen molar-refractivity contribution in [3.8, 4) is 22.3 Å². The van der Waals surface area contributed by atoms with Crippen LogP contribution in [0.25, 0.3) is 86.9 Å². The standard InChI is InChI=1S/2C24H17.C7H8Si.2ClH.Zr/c2*1-16-12-19-8-4-10-21(23(19)13-16)22-11-5-9-20-14-17-6-2-3-7-18(17)15-24(20)22;8-6-7-4-2-1-3-5-7;;;/h2*2-15H,1H3;1-5,8H,6H2;2*1H;/q2*-1;;;;+2/p-2. The number of hydrogen-bond acceptors (Lipinski definition) is 0. The summed E-state index contributed by atoms with van der Waals surface area (Å²) in [6.45, 7) is 4.33. The van der Waals surface area contributed by atoms with Crippen molar-refractivity contribution < 1.29 is 48.1 Å². The van der Waals surface area contributed by atoms with Gasteiger partial charge in [-0.2, -0.15) is 12.1 Å². The molecule has 286 valence electrons. The van der Waals surface area contributed by atoms with Crippen LogP contribution in [0, 0.1) is 13.8 Å². The Labute approximate surface area is 375 Å². The van der Waals surface area contributed by atoms with Crippen molar-refractivity contribution in [2.45, 2.75) is 19.9 Å². The van der Waals surface area contributed by atoms with Crippen molar-refractivity contribution in [1.82, 2.24) is 0 Å². The first kappa shape index (κ1) is 42.1. The Morgan fingerprint density at radius 2 is 0.729 bits per heavy atom. The van der Waals surface area contributed by atoms with E-state index in [4.69, 9.17) is 0 Å². The predicted molar refractivity (Wildman–Crippen MR) is 247 cm³/mol. The van der Waals surface area contributed by atoms with Gasteiger partial charge in [0.2, 0.25) is 0 Å². The van der Waals surface area contributed by atoms with Gasteiger partial charge in [-0.05, 0) is 78.5 Å². The summed E-state index contributed by atoms with van der Waals surface area (Å²) in [6, 6.07) is 74.0. The molecule has 0 bridgehead atoms. The van der Waals surface area contributed by atoms with Crippen molar-refractivity contribution in [2.75, 3.05) is 0 Å². The maximum atomic E-state index is 2.33. The first-order chi connectivity index (χ1) is 28.0. The molecule has 0 saturated carbocycles. The van der Waals surface area contributed by atoms with Crippen molar-refractivity contribution in [2.24, 2.45) is 0 Å². The van der Waals surface area contributed by atoms with Crippen LogP contribution in [0.1, 0.15) is 16.7 Å². The van der Waals surface area contributed by atoms with Gasteiger partial charge in [0.1, 0.15) is 0 Å². The summed E-state index contributed by atoms with van der Waals surface area (Å²) in [5.41, 5.74) is 9.42. The Balaban J connectivity index is 0.000000145. The molecule has 11 rings (SSSR count). The van der Waals surface area contributed by atoms with Crippen LogP contribution in [0.3, 0.4) is 0 Å². The van der Waals surface area contributed by atoms with Crippen LogP contribution < -0.4 is 24.8 Å². The number of halogens is 2. The van der Waals surface area contributed by atoms with Gasteiger partial charge in [0.05, 0.1) is 0 Å². The van der Waals surface area contributed by atoms with E-state index < -0.39 is 0 Å². The molecule has 59 heavy (non-hydrogen) atoms. The van der Waals surface area contributed by atoms with Gasteiger partial charge in [0, 0.05) is 0 Å². The zero-order valence-electron chi connectivity index (χ0n) is 33.1. The molecule has 11 aromatic rings. The Kier molecular flexibility index (Phi) is 13.5. The molecule has 11 aromatic carbocycles. The van der Waals surface area contributed by atoms with E-state index in [0.29, 0.717) is 6.16 Å². The Morgan fingerprint density at radius 1 is 0.373 bits per heavy atom. The van der Waals surface area contributed by atoms with Crippen LogP contribution in [-0.2, 0) is 29.4 Å². The van der Waals surface area contributed by atoms with Gasteiger partial charge in [-0.3, -0.25) is 0 Å². The molecule has 0 nitrogen and oxygen atoms in total. The molecule has 0 spiro atoms. The third kappa shape index (κ3) is 8.94. The molecule has 0 atom stereocenters. The van der Waals surface area contributed by atoms with Gasteiger partial charge in [-0.15, -0.1) is 69.1 Å². The van der Waals surface area contributed by atoms with Crippen LogP contribution >= 0.6 is 0 Å². The van der Waals surface area contributed by atoms with Gasteiger partial charge in [0.25, 0.3) is 0 Å². The van der Waals surface area contributed by atoms with Gasteiger partial charge in [-0.25, -0.2) is 0 Å². The average Bonchev–Trinajstić information content (AvgIpc) is 3.83. The molecule has 0 saturated heterocycles. The fourth-order valence-electron chi connectivity index (χ4n) is 8.37. The van der Waals surface area contributed by atoms with Gasteiger partial charge in [-0.1, -0.05) is 122 Å². The molecule has 0 fully saturated rings. The summed E-state index contributed by atoms with van der Waals surface area (Å²) in [4.78, 5) is 0. The molecule has 0 radical (unpaired) electrons. The van der Waals surface area contributed by atoms with E-state index in [1.165, 1.54) is 110 Å². The number of benzene rings is 9. The SMILES string of the molecule is Cc1cc2c(-c3cccc4cc5ccccc5cc34)cccc2[cH-]1.Cc1cc2c(-c3cccc4cc5ccccc5cc34)cccc2[cH-]1.[Cl-].[Cl-].[Zr+2]=[SiH]Cc1ccccc1. The van der Waals surface area contributed by atoms with Crippen LogP contribution in [0.2, 0.25) is 0 Å². The first-order valence-electron chi connectivity index (χ1n) is 19.7. The minimum absolute atomic E-state index is 0. The molecular weight excluding hydrogens is 851 g/mol. The van der Waals surface area contributed by atoms with Crippen molar-refractivity contribution in [3.63, 3.8) is 0 Å². The van der Waals surface area contributed by atoms with E-state index in [-0.39, 0.29) is 24.8 Å². The zero-order valence-corrected chi connectivity index (χ0v) is 38.2. The number of aryl methyl sites for hydroxylation is 2. The van der Waals surface area contributed by atoms with Crippen LogP contribution in [0.15, 0.2) is 200 Å². The van der Waals surface area contributed by atoms with E-state index in [1.54, 1.807) is 23.3 Å². The minimum atomic E-state index is 0. The van der Waals surface area contributed by atoms with Crippen molar-refractivity contribution in [1.29, 1.82) is 0 Å². The average molecular weight is 893 g/mol. The van der Waals surface area contributed by atoms with Gasteiger partial charge in [0.15, 0.2) is 0 Å². The summed E-state index contributed by atoms with van der Waals surface area (Å²) in [7, 11) is 0. The monoisotopic (exact) mass is 890 g/mol. The third-order valence-electron chi connectivity index (χ3n) is 11.0. The van der Waals surface area contributed by atoms with E-state index in [1.807, 2.05) is 0 Å². The van der Waals surface area contributed by atoms with Crippen molar-refractivity contribution >= 4 is 70.8 Å². The molecule has 0 amide bonds. The summed E-state index contributed by atoms with van der Waals surface area (Å²) in [5.74, 6) is 0. The van der Waals surface area contributed by atoms with E-state index in [2.05, 4.69) is 214 Å². The second-order valence-electron chi connectivity index (χ2n) is 15.0. The van der Waals surface area contributed by atoms with Gasteiger partial charge >= 0.3 is 71.4 Å². The van der Waals surface area contributed by atoms with Crippen LogP contribution in [-0.4, -0.2) is 6.16 Å². The summed E-state index contributed by atoms with van der Waals surface area (Å²) in [5, 5.41) is 15.8. The normalized spacial score (nSPS) is 10.8. The molecule has 0 aromatic heterocycles. The molecule has 0 aliphatic rings. The zero-order chi connectivity index (χ0) is 38.7. The molecule has 0 aliphatic carbocycles. The Hall–Kier alpha value is -5.08. The molecule has 0 aliphatic heterocycles. The first-order valence-corrected chi connectivity index (χ1v) is 25.4. The summed E-state index contributed by atoms with van der Waals surface area (Å²) in [6.07, 6.45) is 0.715. The van der Waals surface area contributed by atoms with E-state index in [9.17, 15) is 0 Å². The van der Waals surface area contributed by atoms with E-state index >= 15 is 0 Å². The Bertz CT molecular complexity index is 3020. The molecule has 0 unspecified atom stereocenters. The number of hydrogen-bond donors (Lipinski definition) is 0. The molecule has 4 heteroatoms. The van der Waals surface area contributed by atoms with Gasteiger partial charge < -0.3 is 24.8 Å². The predicted octanol–water partition coefficient (Wildman–Crippen LogP) is 8.77. The molecular formula is C55H42Cl2SiZr-2. The Morgan fingerprint density at radius 3 is 1.15 bits per heavy atom. The fraction of sp³-hybridized carbons (Fsp3) is 0.0545. The quantitative estimate of drug-likeness (QED) is 0.0943. The second kappa shape index (κ2) is 18.9. The van der Waals surface area contributed by atoms with Crippen LogP contribution in [0.5, 0.6) is 0 Å². The summed E-state index contributed by atoms with van der Waals surface area (Å²) >= 11 is 1.72. The fourth-order valence-corrected chi connectivity index (χ4v) is 10.6. The maximum absolute atomic E-state index is 2.33.